The summed E-state index contributed by atoms with van der Waals surface area (Å²) < 4.78 is 4.81. The van der Waals surface area contributed by atoms with E-state index < -0.39 is 0 Å². The highest BCUT2D eigenvalue weighted by Gasteiger charge is 2.17. The molecule has 4 nitrogen and oxygen atoms in total. The minimum absolute atomic E-state index is 0.00856. The number of nitrogens with zero attached hydrogens (tertiary/aromatic N) is 1. The Morgan fingerprint density at radius 2 is 2.36 bits per heavy atom. The second kappa shape index (κ2) is 3.18. The minimum Gasteiger partial charge on any atom is -0.495 e. The topological polar surface area (TPSA) is 58.9 Å². The van der Waals surface area contributed by atoms with Crippen molar-refractivity contribution in [2.45, 2.75) is 12.8 Å². The highest BCUT2D eigenvalue weighted by molar-refractivity contribution is 6.09. The molecule has 11 heavy (non-hydrogen) atoms. The van der Waals surface area contributed by atoms with E-state index in [1.54, 1.807) is 0 Å². The van der Waals surface area contributed by atoms with Gasteiger partial charge in [-0.1, -0.05) is 5.16 Å². The number of hydrogen-bond donors (Lipinski definition) is 1. The van der Waals surface area contributed by atoms with Gasteiger partial charge in [0.15, 0.2) is 5.78 Å². The van der Waals surface area contributed by atoms with Crippen LogP contribution in [-0.2, 0) is 9.53 Å². The average Bonchev–Trinajstić information content (AvgIpc) is 2.04. The summed E-state index contributed by atoms with van der Waals surface area (Å²) >= 11 is 0. The number of allylic oxidation sites excluding steroid dienone is 2. The monoisotopic (exact) mass is 155 g/mol. The first-order valence-corrected chi connectivity index (χ1v) is 3.27. The maximum atomic E-state index is 10.8. The first-order valence-electron chi connectivity index (χ1n) is 3.27. The zero-order chi connectivity index (χ0) is 8.27. The number of methoxy groups -OCH3 is 1. The molecule has 1 aliphatic rings. The molecule has 4 heteroatoms. The van der Waals surface area contributed by atoms with Gasteiger partial charge in [0.25, 0.3) is 0 Å². The Bertz CT molecular complexity index is 230. The van der Waals surface area contributed by atoms with Gasteiger partial charge in [-0.25, -0.2) is 0 Å². The van der Waals surface area contributed by atoms with Gasteiger partial charge in [0.05, 0.1) is 7.11 Å². The quantitative estimate of drug-likeness (QED) is 0.448. The molecule has 0 aliphatic heterocycles. The van der Waals surface area contributed by atoms with Crippen LogP contribution in [0.4, 0.5) is 0 Å². The van der Waals surface area contributed by atoms with Gasteiger partial charge < -0.3 is 9.94 Å². The maximum Gasteiger partial charge on any atom is 0.159 e. The van der Waals surface area contributed by atoms with Crippen LogP contribution < -0.4 is 0 Å². The van der Waals surface area contributed by atoms with E-state index in [2.05, 4.69) is 5.16 Å². The summed E-state index contributed by atoms with van der Waals surface area (Å²) in [4.78, 5) is 10.8. The van der Waals surface area contributed by atoms with Crippen molar-refractivity contribution in [1.29, 1.82) is 0 Å². The second-order valence-corrected chi connectivity index (χ2v) is 2.23. The zero-order valence-electron chi connectivity index (χ0n) is 6.20. The summed E-state index contributed by atoms with van der Waals surface area (Å²) in [5.74, 6) is 0.373. The van der Waals surface area contributed by atoms with E-state index in [0.717, 1.165) is 0 Å². The van der Waals surface area contributed by atoms with Crippen molar-refractivity contribution in [3.63, 3.8) is 0 Å². The van der Waals surface area contributed by atoms with Crippen molar-refractivity contribution in [2.75, 3.05) is 7.11 Å². The van der Waals surface area contributed by atoms with Gasteiger partial charge >= 0.3 is 0 Å². The number of ether oxygens (including phenoxy) is 1. The number of rotatable bonds is 1. The summed E-state index contributed by atoms with van der Waals surface area (Å²) in [6.07, 6.45) is 2.19. The van der Waals surface area contributed by atoms with Gasteiger partial charge in [-0.15, -0.1) is 0 Å². The summed E-state index contributed by atoms with van der Waals surface area (Å²) in [6.45, 7) is 0. The molecule has 0 atom stereocenters. The Morgan fingerprint density at radius 3 is 2.91 bits per heavy atom. The molecule has 0 saturated carbocycles. The summed E-state index contributed by atoms with van der Waals surface area (Å²) in [6, 6.07) is 0. The maximum absolute atomic E-state index is 10.8. The lowest BCUT2D eigenvalue weighted by atomic mass is 10.0. The van der Waals surface area contributed by atoms with E-state index in [0.29, 0.717) is 24.3 Å². The smallest absolute Gasteiger partial charge is 0.159 e. The Morgan fingerprint density at radius 1 is 1.64 bits per heavy atom. The van der Waals surface area contributed by atoms with Crippen molar-refractivity contribution in [3.8, 4) is 0 Å². The number of ketones is 1. The van der Waals surface area contributed by atoms with Crippen LogP contribution >= 0.6 is 0 Å². The Hall–Kier alpha value is -1.32. The van der Waals surface area contributed by atoms with E-state index in [9.17, 15) is 4.79 Å². The van der Waals surface area contributed by atoms with Crippen LogP contribution in [0.25, 0.3) is 0 Å². The first-order chi connectivity index (χ1) is 5.27. The lowest BCUT2D eigenvalue weighted by Gasteiger charge is -2.11. The van der Waals surface area contributed by atoms with Crippen LogP contribution in [0, 0.1) is 0 Å². The molecule has 0 aromatic carbocycles. The van der Waals surface area contributed by atoms with E-state index in [-0.39, 0.29) is 5.78 Å². The molecule has 1 aliphatic carbocycles. The predicted octanol–water partition coefficient (Wildman–Crippen LogP) is 0.710. The number of hydrogen-bond acceptors (Lipinski definition) is 4. The van der Waals surface area contributed by atoms with Gasteiger partial charge in [-0.05, 0) is 0 Å². The molecule has 0 fully saturated rings. The van der Waals surface area contributed by atoms with Crippen LogP contribution in [-0.4, -0.2) is 23.8 Å². The average molecular weight is 155 g/mol. The predicted molar refractivity (Wildman–Crippen MR) is 38.6 cm³/mol. The summed E-state index contributed by atoms with van der Waals surface area (Å²) in [7, 11) is 1.44. The van der Waals surface area contributed by atoms with Crippen molar-refractivity contribution in [3.05, 3.63) is 11.8 Å². The third-order valence-electron chi connectivity index (χ3n) is 1.53. The molecular weight excluding hydrogens is 146 g/mol. The molecule has 0 bridgehead atoms. The standard InChI is InChI=1S/C7H9NO3/c1-11-7-4-5(9)2-3-6(7)8-10/h4,10H,2-3H2,1H3. The molecule has 0 saturated heterocycles. The minimum atomic E-state index is 0.00856. The van der Waals surface area contributed by atoms with Crippen LogP contribution in [0.2, 0.25) is 0 Å². The molecule has 0 spiro atoms. The van der Waals surface area contributed by atoms with Gasteiger partial charge in [0.2, 0.25) is 0 Å². The van der Waals surface area contributed by atoms with E-state index in [4.69, 9.17) is 9.94 Å². The Balaban J connectivity index is 2.88. The third-order valence-corrected chi connectivity index (χ3v) is 1.53. The SMILES string of the molecule is COC1=CC(=O)CCC1=NO. The van der Waals surface area contributed by atoms with Crippen molar-refractivity contribution < 1.29 is 14.7 Å². The van der Waals surface area contributed by atoms with Crippen LogP contribution in [0.1, 0.15) is 12.8 Å². The fraction of sp³-hybridized carbons (Fsp3) is 0.429. The molecule has 0 aromatic heterocycles. The molecule has 0 unspecified atom stereocenters. The fourth-order valence-electron chi connectivity index (χ4n) is 0.943. The lowest BCUT2D eigenvalue weighted by molar-refractivity contribution is -0.114. The normalized spacial score (nSPS) is 21.7. The third kappa shape index (κ3) is 1.58. The molecule has 60 valence electrons. The van der Waals surface area contributed by atoms with Crippen molar-refractivity contribution >= 4 is 11.5 Å². The highest BCUT2D eigenvalue weighted by Crippen LogP contribution is 2.12. The summed E-state index contributed by atoms with van der Waals surface area (Å²) in [5.41, 5.74) is 0.437. The van der Waals surface area contributed by atoms with E-state index >= 15 is 0 Å². The molecule has 1 rings (SSSR count). The fourth-order valence-corrected chi connectivity index (χ4v) is 0.943. The van der Waals surface area contributed by atoms with Crippen LogP contribution in [0.15, 0.2) is 17.0 Å². The molecule has 0 amide bonds. The second-order valence-electron chi connectivity index (χ2n) is 2.23. The molecule has 1 N–H and O–H groups in total. The molecular formula is C7H9NO3. The highest BCUT2D eigenvalue weighted by atomic mass is 16.5. The Labute approximate surface area is 64.2 Å². The van der Waals surface area contributed by atoms with Crippen LogP contribution in [0.5, 0.6) is 0 Å². The van der Waals surface area contributed by atoms with Crippen LogP contribution in [0.3, 0.4) is 0 Å². The first kappa shape index (κ1) is 7.78. The van der Waals surface area contributed by atoms with Gasteiger partial charge in [-0.3, -0.25) is 4.79 Å². The summed E-state index contributed by atoms with van der Waals surface area (Å²) in [5, 5.41) is 11.4. The number of oxime groups is 1. The molecule has 0 heterocycles. The Kier molecular flexibility index (Phi) is 2.25. The molecule has 0 radical (unpaired) electrons. The van der Waals surface area contributed by atoms with E-state index in [1.165, 1.54) is 13.2 Å². The van der Waals surface area contributed by atoms with Gasteiger partial charge in [-0.2, -0.15) is 0 Å². The van der Waals surface area contributed by atoms with Crippen molar-refractivity contribution in [2.24, 2.45) is 5.16 Å². The number of carbonyl (C=O) groups is 1. The van der Waals surface area contributed by atoms with Gasteiger partial charge in [0, 0.05) is 18.9 Å². The van der Waals surface area contributed by atoms with Crippen molar-refractivity contribution in [1.82, 2.24) is 0 Å². The molecule has 0 aromatic rings. The van der Waals surface area contributed by atoms with E-state index in [1.807, 2.05) is 0 Å². The number of carbonyl (C=O) groups excluding carboxylic acids is 1. The largest absolute Gasteiger partial charge is 0.495 e. The lowest BCUT2D eigenvalue weighted by Crippen LogP contribution is -2.14. The zero-order valence-corrected chi connectivity index (χ0v) is 6.20. The van der Waals surface area contributed by atoms with Gasteiger partial charge in [0.1, 0.15) is 11.5 Å².